The summed E-state index contributed by atoms with van der Waals surface area (Å²) >= 11 is 0. The van der Waals surface area contributed by atoms with Crippen LogP contribution in [-0.4, -0.2) is 62.4 Å². The molecule has 0 rings (SSSR count). The fourth-order valence-corrected chi connectivity index (χ4v) is 1.34. The predicted molar refractivity (Wildman–Crippen MR) is 63.7 cm³/mol. The van der Waals surface area contributed by atoms with Gasteiger partial charge in [0.25, 0.3) is 0 Å². The molecule has 0 aliphatic rings. The Bertz CT molecular complexity index is 188. The van der Waals surface area contributed by atoms with Crippen LogP contribution in [-0.2, 0) is 9.53 Å². The second-order valence-corrected chi connectivity index (χ2v) is 3.93. The second-order valence-electron chi connectivity index (χ2n) is 3.93. The van der Waals surface area contributed by atoms with Crippen molar-refractivity contribution < 1.29 is 14.6 Å². The molecule has 0 aromatic carbocycles. The molecule has 0 amide bonds. The number of aliphatic carboxylic acids is 1. The number of nitrogens with one attached hydrogen (secondary N) is 1. The Labute approximate surface area is 97.8 Å². The van der Waals surface area contributed by atoms with E-state index in [0.717, 1.165) is 26.1 Å². The molecule has 0 saturated heterocycles. The Morgan fingerprint density at radius 1 is 1.50 bits per heavy atom. The second kappa shape index (κ2) is 9.57. The maximum atomic E-state index is 10.9. The monoisotopic (exact) mass is 232 g/mol. The highest BCUT2D eigenvalue weighted by Gasteiger charge is 2.16. The van der Waals surface area contributed by atoms with E-state index in [1.54, 1.807) is 7.11 Å². The summed E-state index contributed by atoms with van der Waals surface area (Å²) in [6.07, 6.45) is 1.57. The lowest BCUT2D eigenvalue weighted by Crippen LogP contribution is -2.40. The van der Waals surface area contributed by atoms with Gasteiger partial charge in [-0.05, 0) is 33.0 Å². The summed E-state index contributed by atoms with van der Waals surface area (Å²) in [5, 5.41) is 12.0. The van der Waals surface area contributed by atoms with Crippen LogP contribution in [0.25, 0.3) is 0 Å². The van der Waals surface area contributed by atoms with Crippen LogP contribution >= 0.6 is 0 Å². The molecule has 0 fully saturated rings. The number of carboxylic acid groups (broad SMARTS) is 1. The number of carboxylic acids is 1. The van der Waals surface area contributed by atoms with Crippen LogP contribution < -0.4 is 5.32 Å². The van der Waals surface area contributed by atoms with Gasteiger partial charge in [-0.15, -0.1) is 0 Å². The predicted octanol–water partition coefficient (Wildman–Crippen LogP) is 0.408. The summed E-state index contributed by atoms with van der Waals surface area (Å²) < 4.78 is 4.96. The topological polar surface area (TPSA) is 61.8 Å². The molecular formula is C11H24N2O3. The summed E-state index contributed by atoms with van der Waals surface area (Å²) in [4.78, 5) is 13.0. The van der Waals surface area contributed by atoms with E-state index in [9.17, 15) is 4.79 Å². The van der Waals surface area contributed by atoms with E-state index in [-0.39, 0.29) is 0 Å². The Hall–Kier alpha value is -0.650. The standard InChI is InChI=1S/C11H24N2O3/c1-4-6-12-10(11(14)15)5-7-13(2)8-9-16-3/h10,12H,4-9H2,1-3H3,(H,14,15). The zero-order valence-electron chi connectivity index (χ0n) is 10.5. The first-order valence-electron chi connectivity index (χ1n) is 5.75. The van der Waals surface area contributed by atoms with E-state index >= 15 is 0 Å². The van der Waals surface area contributed by atoms with Gasteiger partial charge in [-0.25, -0.2) is 0 Å². The first-order valence-corrected chi connectivity index (χ1v) is 5.75. The van der Waals surface area contributed by atoms with Crippen molar-refractivity contribution in [3.8, 4) is 0 Å². The van der Waals surface area contributed by atoms with E-state index in [4.69, 9.17) is 9.84 Å². The Morgan fingerprint density at radius 3 is 2.69 bits per heavy atom. The highest BCUT2D eigenvalue weighted by atomic mass is 16.5. The van der Waals surface area contributed by atoms with Gasteiger partial charge >= 0.3 is 5.97 Å². The molecule has 5 heteroatoms. The average molecular weight is 232 g/mol. The van der Waals surface area contributed by atoms with Gasteiger partial charge in [-0.3, -0.25) is 4.79 Å². The van der Waals surface area contributed by atoms with Crippen molar-refractivity contribution in [1.29, 1.82) is 0 Å². The van der Waals surface area contributed by atoms with Crippen LogP contribution in [0.2, 0.25) is 0 Å². The number of hydrogen-bond acceptors (Lipinski definition) is 4. The van der Waals surface area contributed by atoms with Crippen molar-refractivity contribution in [3.05, 3.63) is 0 Å². The van der Waals surface area contributed by atoms with Crippen molar-refractivity contribution in [1.82, 2.24) is 10.2 Å². The molecule has 16 heavy (non-hydrogen) atoms. The maximum Gasteiger partial charge on any atom is 0.320 e. The summed E-state index contributed by atoms with van der Waals surface area (Å²) in [5.41, 5.74) is 0. The summed E-state index contributed by atoms with van der Waals surface area (Å²) in [5.74, 6) is -0.770. The van der Waals surface area contributed by atoms with Crippen molar-refractivity contribution in [2.24, 2.45) is 0 Å². The van der Waals surface area contributed by atoms with Gasteiger partial charge in [0.05, 0.1) is 6.61 Å². The lowest BCUT2D eigenvalue weighted by Gasteiger charge is -2.19. The number of nitrogens with zero attached hydrogens (tertiary/aromatic N) is 1. The van der Waals surface area contributed by atoms with E-state index < -0.39 is 12.0 Å². The van der Waals surface area contributed by atoms with Gasteiger partial charge < -0.3 is 20.1 Å². The molecule has 96 valence electrons. The van der Waals surface area contributed by atoms with Gasteiger partial charge in [0.15, 0.2) is 0 Å². The molecule has 0 aromatic rings. The molecule has 1 atom stereocenters. The van der Waals surface area contributed by atoms with Gasteiger partial charge in [-0.1, -0.05) is 6.92 Å². The van der Waals surface area contributed by atoms with Crippen LogP contribution in [0.1, 0.15) is 19.8 Å². The largest absolute Gasteiger partial charge is 0.480 e. The number of ether oxygens (including phenoxy) is 1. The van der Waals surface area contributed by atoms with Crippen LogP contribution in [0, 0.1) is 0 Å². The van der Waals surface area contributed by atoms with Crippen molar-refractivity contribution in [3.63, 3.8) is 0 Å². The third-order valence-electron chi connectivity index (χ3n) is 2.42. The lowest BCUT2D eigenvalue weighted by atomic mass is 10.2. The van der Waals surface area contributed by atoms with Crippen LogP contribution in [0.5, 0.6) is 0 Å². The minimum Gasteiger partial charge on any atom is -0.480 e. The SMILES string of the molecule is CCCNC(CCN(C)CCOC)C(=O)O. The van der Waals surface area contributed by atoms with E-state index in [0.29, 0.717) is 13.0 Å². The third kappa shape index (κ3) is 7.62. The molecule has 0 aliphatic heterocycles. The molecule has 0 saturated carbocycles. The van der Waals surface area contributed by atoms with E-state index in [2.05, 4.69) is 10.2 Å². The van der Waals surface area contributed by atoms with Gasteiger partial charge in [-0.2, -0.15) is 0 Å². The highest BCUT2D eigenvalue weighted by molar-refractivity contribution is 5.73. The van der Waals surface area contributed by atoms with E-state index in [1.165, 1.54) is 0 Å². The van der Waals surface area contributed by atoms with Gasteiger partial charge in [0.1, 0.15) is 6.04 Å². The molecule has 0 heterocycles. The molecule has 0 aromatic heterocycles. The highest BCUT2D eigenvalue weighted by Crippen LogP contribution is 1.96. The van der Waals surface area contributed by atoms with Crippen LogP contribution in [0.15, 0.2) is 0 Å². The number of likely N-dealkylation sites (N-methyl/N-ethyl adjacent to an activating group) is 1. The number of carbonyl (C=O) groups is 1. The third-order valence-corrected chi connectivity index (χ3v) is 2.42. The molecule has 0 spiro atoms. The molecule has 1 unspecified atom stereocenters. The lowest BCUT2D eigenvalue weighted by molar-refractivity contribution is -0.139. The van der Waals surface area contributed by atoms with Gasteiger partial charge in [0.2, 0.25) is 0 Å². The Kier molecular flexibility index (Phi) is 9.18. The smallest absolute Gasteiger partial charge is 0.320 e. The zero-order chi connectivity index (χ0) is 12.4. The fraction of sp³-hybridized carbons (Fsp3) is 0.909. The number of hydrogen-bond donors (Lipinski definition) is 2. The molecule has 0 aliphatic carbocycles. The van der Waals surface area contributed by atoms with Crippen LogP contribution in [0.3, 0.4) is 0 Å². The fourth-order valence-electron chi connectivity index (χ4n) is 1.34. The minimum absolute atomic E-state index is 0.440. The minimum atomic E-state index is -0.770. The van der Waals surface area contributed by atoms with Crippen molar-refractivity contribution >= 4 is 5.97 Å². The quantitative estimate of drug-likeness (QED) is 0.571. The van der Waals surface area contributed by atoms with E-state index in [1.807, 2.05) is 14.0 Å². The van der Waals surface area contributed by atoms with Crippen molar-refractivity contribution in [2.75, 3.05) is 40.4 Å². The molecule has 0 radical (unpaired) electrons. The van der Waals surface area contributed by atoms with Gasteiger partial charge in [0, 0.05) is 13.7 Å². The first kappa shape index (κ1) is 15.3. The average Bonchev–Trinajstić information content (AvgIpc) is 2.25. The number of methoxy groups -OCH3 is 1. The molecule has 2 N–H and O–H groups in total. The summed E-state index contributed by atoms with van der Waals surface area (Å²) in [6, 6.07) is -0.440. The van der Waals surface area contributed by atoms with Crippen molar-refractivity contribution in [2.45, 2.75) is 25.8 Å². The molecular weight excluding hydrogens is 208 g/mol. The first-order chi connectivity index (χ1) is 7.61. The zero-order valence-corrected chi connectivity index (χ0v) is 10.5. The molecule has 0 bridgehead atoms. The Morgan fingerprint density at radius 2 is 2.19 bits per heavy atom. The normalized spacial score (nSPS) is 13.0. The summed E-state index contributed by atoms with van der Waals surface area (Å²) in [7, 11) is 3.63. The molecule has 5 nitrogen and oxygen atoms in total. The van der Waals surface area contributed by atoms with Crippen LogP contribution in [0.4, 0.5) is 0 Å². The Balaban J connectivity index is 3.78. The number of rotatable bonds is 10. The summed E-state index contributed by atoms with van der Waals surface area (Å²) in [6.45, 7) is 5.04. The maximum absolute atomic E-state index is 10.9.